The van der Waals surface area contributed by atoms with Crippen LogP contribution in [-0.4, -0.2) is 35.5 Å². The number of nitrogens with one attached hydrogen (secondary N) is 1. The van der Waals surface area contributed by atoms with Gasteiger partial charge in [-0.15, -0.1) is 0 Å². The molecule has 1 aromatic rings. The zero-order valence-electron chi connectivity index (χ0n) is 12.6. The van der Waals surface area contributed by atoms with Gasteiger partial charge in [-0.3, -0.25) is 0 Å². The molecule has 0 bridgehead atoms. The van der Waals surface area contributed by atoms with Gasteiger partial charge in [0.1, 0.15) is 5.75 Å². The quantitative estimate of drug-likeness (QED) is 0.575. The van der Waals surface area contributed by atoms with Crippen molar-refractivity contribution in [2.45, 2.75) is 45.3 Å². The van der Waals surface area contributed by atoms with Crippen molar-refractivity contribution >= 4 is 0 Å². The van der Waals surface area contributed by atoms with Gasteiger partial charge in [-0.2, -0.15) is 0 Å². The van der Waals surface area contributed by atoms with Gasteiger partial charge < -0.3 is 20.3 Å². The summed E-state index contributed by atoms with van der Waals surface area (Å²) in [7, 11) is 0. The number of rotatable bonds is 10. The van der Waals surface area contributed by atoms with E-state index in [-0.39, 0.29) is 18.8 Å². The normalized spacial score (nSPS) is 14.0. The third-order valence-corrected chi connectivity index (χ3v) is 3.73. The molecular weight excluding hydrogens is 254 g/mol. The number of para-hydroxylation sites is 1. The van der Waals surface area contributed by atoms with E-state index in [0.29, 0.717) is 6.61 Å². The SMILES string of the molecule is CCNC(CC)(CO)CCCOc1ccccc1CO. The van der Waals surface area contributed by atoms with E-state index in [9.17, 15) is 10.2 Å². The molecular formula is C16H27NO3. The van der Waals surface area contributed by atoms with Gasteiger partial charge in [0.15, 0.2) is 0 Å². The number of aliphatic hydroxyl groups is 2. The van der Waals surface area contributed by atoms with Crippen molar-refractivity contribution < 1.29 is 14.9 Å². The summed E-state index contributed by atoms with van der Waals surface area (Å²) in [6.07, 6.45) is 2.63. The van der Waals surface area contributed by atoms with Crippen LogP contribution in [0.1, 0.15) is 38.7 Å². The molecule has 0 fully saturated rings. The molecule has 0 aliphatic carbocycles. The Labute approximate surface area is 121 Å². The molecule has 1 unspecified atom stereocenters. The molecule has 3 N–H and O–H groups in total. The van der Waals surface area contributed by atoms with Gasteiger partial charge in [-0.1, -0.05) is 32.0 Å². The van der Waals surface area contributed by atoms with Crippen LogP contribution in [0.3, 0.4) is 0 Å². The first-order chi connectivity index (χ1) is 9.71. The second-order valence-electron chi connectivity index (χ2n) is 5.04. The molecule has 0 spiro atoms. The number of benzene rings is 1. The number of likely N-dealkylation sites (N-methyl/N-ethyl adjacent to an activating group) is 1. The highest BCUT2D eigenvalue weighted by molar-refractivity contribution is 5.32. The number of aliphatic hydroxyl groups excluding tert-OH is 2. The van der Waals surface area contributed by atoms with E-state index in [2.05, 4.69) is 12.2 Å². The second-order valence-corrected chi connectivity index (χ2v) is 5.04. The van der Waals surface area contributed by atoms with Gasteiger partial charge in [-0.05, 0) is 31.9 Å². The van der Waals surface area contributed by atoms with Crippen LogP contribution in [-0.2, 0) is 6.61 Å². The van der Waals surface area contributed by atoms with Gasteiger partial charge in [0, 0.05) is 11.1 Å². The predicted molar refractivity (Wildman–Crippen MR) is 80.9 cm³/mol. The highest BCUT2D eigenvalue weighted by Crippen LogP contribution is 2.20. The van der Waals surface area contributed by atoms with E-state index in [1.165, 1.54) is 0 Å². The summed E-state index contributed by atoms with van der Waals surface area (Å²) in [6.45, 7) is 5.70. The summed E-state index contributed by atoms with van der Waals surface area (Å²) in [4.78, 5) is 0. The second kappa shape index (κ2) is 8.95. The number of ether oxygens (including phenoxy) is 1. The lowest BCUT2D eigenvalue weighted by molar-refractivity contribution is 0.139. The highest BCUT2D eigenvalue weighted by Gasteiger charge is 2.25. The smallest absolute Gasteiger partial charge is 0.124 e. The first-order valence-electron chi connectivity index (χ1n) is 7.38. The van der Waals surface area contributed by atoms with Crippen molar-refractivity contribution in [2.24, 2.45) is 0 Å². The molecule has 0 saturated carbocycles. The predicted octanol–water partition coefficient (Wildman–Crippen LogP) is 2.09. The Balaban J connectivity index is 2.44. The van der Waals surface area contributed by atoms with Crippen LogP contribution in [0.4, 0.5) is 0 Å². The van der Waals surface area contributed by atoms with Gasteiger partial charge in [0.05, 0.1) is 19.8 Å². The molecule has 0 aliphatic rings. The zero-order valence-corrected chi connectivity index (χ0v) is 12.6. The third kappa shape index (κ3) is 4.78. The van der Waals surface area contributed by atoms with Crippen LogP contribution in [0, 0.1) is 0 Å². The van der Waals surface area contributed by atoms with E-state index in [1.54, 1.807) is 0 Å². The lowest BCUT2D eigenvalue weighted by Gasteiger charge is -2.31. The average molecular weight is 281 g/mol. The Bertz CT molecular complexity index is 378. The Kier molecular flexibility index (Phi) is 7.59. The van der Waals surface area contributed by atoms with Crippen LogP contribution in [0.2, 0.25) is 0 Å². The molecule has 1 aromatic carbocycles. The zero-order chi connectivity index (χ0) is 14.8. The molecule has 4 nitrogen and oxygen atoms in total. The largest absolute Gasteiger partial charge is 0.493 e. The maximum absolute atomic E-state index is 9.57. The Morgan fingerprint density at radius 3 is 2.55 bits per heavy atom. The minimum atomic E-state index is -0.200. The summed E-state index contributed by atoms with van der Waals surface area (Å²) < 4.78 is 5.72. The summed E-state index contributed by atoms with van der Waals surface area (Å²) in [5.74, 6) is 0.740. The summed E-state index contributed by atoms with van der Waals surface area (Å²) >= 11 is 0. The Hall–Kier alpha value is -1.10. The molecule has 20 heavy (non-hydrogen) atoms. The first-order valence-corrected chi connectivity index (χ1v) is 7.38. The average Bonchev–Trinajstić information content (AvgIpc) is 2.51. The van der Waals surface area contributed by atoms with Crippen LogP contribution in [0.25, 0.3) is 0 Å². The molecule has 0 saturated heterocycles. The van der Waals surface area contributed by atoms with Crippen molar-refractivity contribution in [3.63, 3.8) is 0 Å². The van der Waals surface area contributed by atoms with Crippen molar-refractivity contribution in [1.29, 1.82) is 0 Å². The summed E-state index contributed by atoms with van der Waals surface area (Å²) in [5.41, 5.74) is 0.609. The maximum atomic E-state index is 9.57. The van der Waals surface area contributed by atoms with Crippen LogP contribution in [0.5, 0.6) is 5.75 Å². The molecule has 114 valence electrons. The summed E-state index contributed by atoms with van der Waals surface area (Å²) in [6, 6.07) is 7.52. The van der Waals surface area contributed by atoms with E-state index < -0.39 is 0 Å². The number of hydrogen-bond donors (Lipinski definition) is 3. The fourth-order valence-electron chi connectivity index (χ4n) is 2.38. The molecule has 0 heterocycles. The standard InChI is InChI=1S/C16H27NO3/c1-3-16(13-19,17-4-2)10-7-11-20-15-9-6-5-8-14(15)12-18/h5-6,8-9,17-19H,3-4,7,10-13H2,1-2H3. The molecule has 0 amide bonds. The minimum absolute atomic E-state index is 0.0108. The van der Waals surface area contributed by atoms with Gasteiger partial charge >= 0.3 is 0 Å². The van der Waals surface area contributed by atoms with Crippen molar-refractivity contribution in [3.8, 4) is 5.75 Å². The maximum Gasteiger partial charge on any atom is 0.124 e. The van der Waals surface area contributed by atoms with E-state index in [0.717, 1.165) is 37.1 Å². The fourth-order valence-corrected chi connectivity index (χ4v) is 2.38. The van der Waals surface area contributed by atoms with Crippen LogP contribution in [0.15, 0.2) is 24.3 Å². The fraction of sp³-hybridized carbons (Fsp3) is 0.625. The van der Waals surface area contributed by atoms with Gasteiger partial charge in [0.2, 0.25) is 0 Å². The minimum Gasteiger partial charge on any atom is -0.493 e. The third-order valence-electron chi connectivity index (χ3n) is 3.73. The van der Waals surface area contributed by atoms with E-state index >= 15 is 0 Å². The van der Waals surface area contributed by atoms with Crippen LogP contribution < -0.4 is 10.1 Å². The van der Waals surface area contributed by atoms with E-state index in [4.69, 9.17) is 4.74 Å². The lowest BCUT2D eigenvalue weighted by Crippen LogP contribution is -2.48. The van der Waals surface area contributed by atoms with Crippen molar-refractivity contribution in [3.05, 3.63) is 29.8 Å². The van der Waals surface area contributed by atoms with E-state index in [1.807, 2.05) is 31.2 Å². The highest BCUT2D eigenvalue weighted by atomic mass is 16.5. The molecule has 1 atom stereocenters. The summed E-state index contributed by atoms with van der Waals surface area (Å²) in [5, 5.41) is 22.2. The number of hydrogen-bond acceptors (Lipinski definition) is 4. The Morgan fingerprint density at radius 2 is 1.95 bits per heavy atom. The lowest BCUT2D eigenvalue weighted by atomic mass is 9.91. The monoisotopic (exact) mass is 281 g/mol. The van der Waals surface area contributed by atoms with Crippen LogP contribution >= 0.6 is 0 Å². The van der Waals surface area contributed by atoms with Gasteiger partial charge in [0.25, 0.3) is 0 Å². The van der Waals surface area contributed by atoms with Crippen molar-refractivity contribution in [2.75, 3.05) is 19.8 Å². The molecule has 1 rings (SSSR count). The Morgan fingerprint density at radius 1 is 1.20 bits per heavy atom. The van der Waals surface area contributed by atoms with Crippen molar-refractivity contribution in [1.82, 2.24) is 5.32 Å². The topological polar surface area (TPSA) is 61.7 Å². The molecule has 0 aromatic heterocycles. The first kappa shape index (κ1) is 17.0. The molecule has 0 radical (unpaired) electrons. The molecule has 4 heteroatoms. The molecule has 0 aliphatic heterocycles. The van der Waals surface area contributed by atoms with Gasteiger partial charge in [-0.25, -0.2) is 0 Å².